The second-order valence-corrected chi connectivity index (χ2v) is 5.25. The second kappa shape index (κ2) is 7.20. The Hall–Kier alpha value is -0.190. The van der Waals surface area contributed by atoms with Crippen molar-refractivity contribution in [1.29, 1.82) is 0 Å². The van der Waals surface area contributed by atoms with E-state index in [1.54, 1.807) is 0 Å². The first-order valence-electron chi connectivity index (χ1n) is 6.19. The van der Waals surface area contributed by atoms with E-state index in [0.717, 1.165) is 38.5 Å². The quantitative estimate of drug-likeness (QED) is 0.723. The summed E-state index contributed by atoms with van der Waals surface area (Å²) in [6, 6.07) is 0.500. The molecule has 94 valence electrons. The summed E-state index contributed by atoms with van der Waals surface area (Å²) in [4.78, 5) is 3.04. The molecule has 0 spiro atoms. The zero-order chi connectivity index (χ0) is 12.0. The van der Waals surface area contributed by atoms with Gasteiger partial charge in [-0.25, -0.2) is 0 Å². The Balaban J connectivity index is 2.35. The number of rotatable bonds is 6. The predicted molar refractivity (Wildman–Crippen MR) is 71.7 cm³/mol. The fourth-order valence-corrected chi connectivity index (χ4v) is 2.52. The first-order valence-corrected chi connectivity index (χ1v) is 6.60. The van der Waals surface area contributed by atoms with E-state index >= 15 is 0 Å². The highest BCUT2D eigenvalue weighted by atomic mass is 32.1. The fourth-order valence-electron chi connectivity index (χ4n) is 2.33. The molecule has 4 heteroatoms. The third-order valence-corrected chi connectivity index (χ3v) is 3.59. The predicted octanol–water partition coefficient (Wildman–Crippen LogP) is 1.80. The van der Waals surface area contributed by atoms with Gasteiger partial charge in [-0.3, -0.25) is 0 Å². The molecule has 0 aromatic carbocycles. The first kappa shape index (κ1) is 13.9. The van der Waals surface area contributed by atoms with Gasteiger partial charge in [0, 0.05) is 32.2 Å². The van der Waals surface area contributed by atoms with Crippen LogP contribution in [0.2, 0.25) is 0 Å². The minimum atomic E-state index is 0.500. The Labute approximate surface area is 104 Å². The topological polar surface area (TPSA) is 38.5 Å². The maximum absolute atomic E-state index is 5.62. The lowest BCUT2D eigenvalue weighted by Gasteiger charge is -2.32. The Kier molecular flexibility index (Phi) is 6.24. The molecule has 0 aliphatic carbocycles. The number of nitrogens with zero attached hydrogens (tertiary/aromatic N) is 1. The highest BCUT2D eigenvalue weighted by Crippen LogP contribution is 2.18. The van der Waals surface area contributed by atoms with Crippen molar-refractivity contribution in [2.75, 3.05) is 26.8 Å². The van der Waals surface area contributed by atoms with Crippen LogP contribution in [0.4, 0.5) is 0 Å². The van der Waals surface area contributed by atoms with Crippen molar-refractivity contribution in [2.45, 2.75) is 38.6 Å². The van der Waals surface area contributed by atoms with Crippen LogP contribution in [0.5, 0.6) is 0 Å². The molecule has 1 unspecified atom stereocenters. The minimum Gasteiger partial charge on any atom is -0.393 e. The Morgan fingerprint density at radius 2 is 2.12 bits per heavy atom. The van der Waals surface area contributed by atoms with Crippen LogP contribution in [-0.2, 0) is 4.74 Å². The Morgan fingerprint density at radius 3 is 2.62 bits per heavy atom. The van der Waals surface area contributed by atoms with Gasteiger partial charge < -0.3 is 15.4 Å². The van der Waals surface area contributed by atoms with E-state index in [9.17, 15) is 0 Å². The van der Waals surface area contributed by atoms with E-state index in [0.29, 0.717) is 11.0 Å². The van der Waals surface area contributed by atoms with E-state index in [2.05, 4.69) is 18.9 Å². The van der Waals surface area contributed by atoms with Gasteiger partial charge in [0.05, 0.1) is 4.99 Å². The minimum absolute atomic E-state index is 0.500. The van der Waals surface area contributed by atoms with Crippen LogP contribution in [0.1, 0.15) is 32.6 Å². The van der Waals surface area contributed by atoms with Crippen LogP contribution >= 0.6 is 12.2 Å². The lowest BCUT2D eigenvalue weighted by molar-refractivity contribution is 0.0504. The normalized spacial score (nSPS) is 19.9. The summed E-state index contributed by atoms with van der Waals surface area (Å²) in [5.74, 6) is 0.777. The number of nitrogens with two attached hydrogens (primary N) is 1. The summed E-state index contributed by atoms with van der Waals surface area (Å²) in [6.45, 7) is 5.18. The number of thiocarbonyl (C=S) groups is 1. The Bertz CT molecular complexity index is 217. The maximum atomic E-state index is 5.62. The van der Waals surface area contributed by atoms with Crippen molar-refractivity contribution in [2.24, 2.45) is 11.7 Å². The number of hydrogen-bond donors (Lipinski definition) is 1. The van der Waals surface area contributed by atoms with Crippen LogP contribution in [0.25, 0.3) is 0 Å². The zero-order valence-corrected chi connectivity index (χ0v) is 11.3. The van der Waals surface area contributed by atoms with E-state index < -0.39 is 0 Å². The van der Waals surface area contributed by atoms with Crippen molar-refractivity contribution in [1.82, 2.24) is 4.90 Å². The third-order valence-electron chi connectivity index (χ3n) is 3.42. The van der Waals surface area contributed by atoms with Crippen molar-refractivity contribution >= 4 is 17.2 Å². The van der Waals surface area contributed by atoms with Crippen molar-refractivity contribution in [3.05, 3.63) is 0 Å². The molecule has 1 rings (SSSR count). The zero-order valence-electron chi connectivity index (χ0n) is 10.4. The molecule has 0 saturated carbocycles. The molecule has 0 aromatic rings. The molecule has 1 aliphatic rings. The van der Waals surface area contributed by atoms with E-state index in [1.807, 2.05) is 0 Å². The van der Waals surface area contributed by atoms with Crippen molar-refractivity contribution in [3.8, 4) is 0 Å². The van der Waals surface area contributed by atoms with Crippen LogP contribution in [0, 0.1) is 5.92 Å². The molecule has 1 heterocycles. The van der Waals surface area contributed by atoms with Crippen LogP contribution in [-0.4, -0.2) is 42.7 Å². The van der Waals surface area contributed by atoms with E-state index in [4.69, 9.17) is 22.7 Å². The fraction of sp³-hybridized carbons (Fsp3) is 0.917. The van der Waals surface area contributed by atoms with Gasteiger partial charge in [-0.05, 0) is 32.2 Å². The number of ether oxygens (including phenoxy) is 1. The summed E-state index contributed by atoms with van der Waals surface area (Å²) < 4.78 is 5.37. The first-order chi connectivity index (χ1) is 7.63. The highest BCUT2D eigenvalue weighted by molar-refractivity contribution is 7.80. The molecular weight excluding hydrogens is 220 g/mol. The van der Waals surface area contributed by atoms with Gasteiger partial charge in [-0.15, -0.1) is 0 Å². The summed E-state index contributed by atoms with van der Waals surface area (Å²) in [5, 5.41) is 0. The molecule has 3 nitrogen and oxygen atoms in total. The van der Waals surface area contributed by atoms with E-state index in [1.165, 1.54) is 12.8 Å². The summed E-state index contributed by atoms with van der Waals surface area (Å²) in [6.07, 6.45) is 4.32. The monoisotopic (exact) mass is 244 g/mol. The molecular formula is C12H24N2OS. The van der Waals surface area contributed by atoms with Crippen LogP contribution < -0.4 is 5.73 Å². The largest absolute Gasteiger partial charge is 0.393 e. The van der Waals surface area contributed by atoms with Crippen molar-refractivity contribution < 1.29 is 4.74 Å². The van der Waals surface area contributed by atoms with Crippen LogP contribution in [0.15, 0.2) is 0 Å². The molecule has 1 saturated heterocycles. The molecule has 16 heavy (non-hydrogen) atoms. The molecule has 0 bridgehead atoms. The van der Waals surface area contributed by atoms with Crippen molar-refractivity contribution in [3.63, 3.8) is 0 Å². The van der Waals surface area contributed by atoms with Gasteiger partial charge in [0.2, 0.25) is 0 Å². The van der Waals surface area contributed by atoms with Gasteiger partial charge >= 0.3 is 0 Å². The van der Waals surface area contributed by atoms with E-state index in [-0.39, 0.29) is 0 Å². The van der Waals surface area contributed by atoms with Gasteiger partial charge in [-0.2, -0.15) is 0 Å². The maximum Gasteiger partial charge on any atom is 0.0743 e. The molecule has 1 atom stereocenters. The summed E-state index contributed by atoms with van der Waals surface area (Å²) in [7, 11) is 2.18. The average Bonchev–Trinajstić information content (AvgIpc) is 2.26. The lowest BCUT2D eigenvalue weighted by Crippen LogP contribution is -2.38. The SMILES string of the molecule is CCC(CC(N)=S)N(C)CC1CCOCC1. The number of hydrogen-bond acceptors (Lipinski definition) is 3. The van der Waals surface area contributed by atoms with Gasteiger partial charge in [0.25, 0.3) is 0 Å². The second-order valence-electron chi connectivity index (χ2n) is 4.73. The molecule has 0 aromatic heterocycles. The standard InChI is InChI=1S/C12H24N2OS/c1-3-11(8-12(13)16)14(2)9-10-4-6-15-7-5-10/h10-11H,3-9H2,1-2H3,(H2,13,16). The highest BCUT2D eigenvalue weighted by Gasteiger charge is 2.20. The molecule has 1 fully saturated rings. The van der Waals surface area contributed by atoms with Crippen LogP contribution in [0.3, 0.4) is 0 Å². The van der Waals surface area contributed by atoms with Gasteiger partial charge in [0.1, 0.15) is 0 Å². The molecule has 1 aliphatic heterocycles. The van der Waals surface area contributed by atoms with Gasteiger partial charge in [0.15, 0.2) is 0 Å². The molecule has 0 amide bonds. The lowest BCUT2D eigenvalue weighted by atomic mass is 9.98. The summed E-state index contributed by atoms with van der Waals surface area (Å²) in [5.41, 5.74) is 5.62. The molecule has 2 N–H and O–H groups in total. The summed E-state index contributed by atoms with van der Waals surface area (Å²) >= 11 is 4.99. The Morgan fingerprint density at radius 1 is 1.50 bits per heavy atom. The molecule has 0 radical (unpaired) electrons. The van der Waals surface area contributed by atoms with Gasteiger partial charge in [-0.1, -0.05) is 19.1 Å². The smallest absolute Gasteiger partial charge is 0.0743 e. The average molecular weight is 244 g/mol. The third kappa shape index (κ3) is 4.76.